The Morgan fingerprint density at radius 2 is 1.96 bits per heavy atom. The largest absolute Gasteiger partial charge is 0.382 e. The quantitative estimate of drug-likeness (QED) is 0.885. The fourth-order valence-electron chi connectivity index (χ4n) is 3.85. The van der Waals surface area contributed by atoms with Crippen molar-refractivity contribution in [2.24, 2.45) is 0 Å². The molecule has 1 saturated heterocycles. The van der Waals surface area contributed by atoms with Crippen molar-refractivity contribution >= 4 is 11.7 Å². The molecule has 8 heteroatoms. The Labute approximate surface area is 146 Å². The lowest BCUT2D eigenvalue weighted by Gasteiger charge is -2.32. The number of aryl methyl sites for hydroxylation is 1. The van der Waals surface area contributed by atoms with Gasteiger partial charge in [-0.25, -0.2) is 9.97 Å². The first-order chi connectivity index (χ1) is 12.2. The molecule has 0 saturated carbocycles. The number of likely N-dealkylation sites (tertiary alicyclic amines) is 1. The zero-order valence-electron chi connectivity index (χ0n) is 14.3. The highest BCUT2D eigenvalue weighted by Gasteiger charge is 2.31. The molecular weight excluding hydrogens is 318 g/mol. The van der Waals surface area contributed by atoms with E-state index < -0.39 is 0 Å². The van der Waals surface area contributed by atoms with Crippen LogP contribution in [0.5, 0.6) is 0 Å². The molecule has 0 bridgehead atoms. The first-order valence-corrected chi connectivity index (χ1v) is 9.02. The number of anilines is 1. The number of rotatable bonds is 2. The van der Waals surface area contributed by atoms with Gasteiger partial charge in [-0.3, -0.25) is 4.79 Å². The summed E-state index contributed by atoms with van der Waals surface area (Å²) in [5.74, 6) is 2.38. The van der Waals surface area contributed by atoms with Crippen LogP contribution in [0.2, 0.25) is 0 Å². The van der Waals surface area contributed by atoms with Crippen LogP contribution in [0.3, 0.4) is 0 Å². The predicted octanol–water partition coefficient (Wildman–Crippen LogP) is 1.40. The van der Waals surface area contributed by atoms with Crippen LogP contribution < -0.4 is 5.73 Å². The van der Waals surface area contributed by atoms with E-state index in [-0.39, 0.29) is 23.3 Å². The summed E-state index contributed by atoms with van der Waals surface area (Å²) in [4.78, 5) is 22.7. The van der Waals surface area contributed by atoms with Crippen LogP contribution in [0.25, 0.3) is 0 Å². The highest BCUT2D eigenvalue weighted by Crippen LogP contribution is 2.28. The Morgan fingerprint density at radius 3 is 2.84 bits per heavy atom. The van der Waals surface area contributed by atoms with E-state index in [0.29, 0.717) is 13.1 Å². The van der Waals surface area contributed by atoms with Crippen molar-refractivity contribution in [3.05, 3.63) is 29.7 Å². The van der Waals surface area contributed by atoms with E-state index >= 15 is 0 Å². The number of carbonyl (C=O) groups is 1. The molecule has 1 atom stereocenters. The van der Waals surface area contributed by atoms with E-state index in [0.717, 1.165) is 37.5 Å². The maximum Gasteiger partial charge on any atom is 0.276 e. The average molecular weight is 341 g/mol. The van der Waals surface area contributed by atoms with Crippen LogP contribution in [0, 0.1) is 0 Å². The Bertz CT molecular complexity index is 772. The third-order valence-corrected chi connectivity index (χ3v) is 5.14. The van der Waals surface area contributed by atoms with Gasteiger partial charge >= 0.3 is 0 Å². The van der Waals surface area contributed by atoms with Gasteiger partial charge in [0.2, 0.25) is 0 Å². The van der Waals surface area contributed by atoms with Gasteiger partial charge in [-0.1, -0.05) is 6.42 Å². The Hall–Kier alpha value is -2.51. The lowest BCUT2D eigenvalue weighted by molar-refractivity contribution is 0.0698. The van der Waals surface area contributed by atoms with Gasteiger partial charge in [0.1, 0.15) is 11.6 Å². The number of hydrogen-bond donors (Lipinski definition) is 1. The molecule has 2 aromatic rings. The van der Waals surface area contributed by atoms with Crippen molar-refractivity contribution in [2.75, 3.05) is 18.8 Å². The number of carbonyl (C=O) groups excluding carboxylic acids is 1. The number of fused-ring (bicyclic) bond motifs is 1. The maximum absolute atomic E-state index is 12.8. The van der Waals surface area contributed by atoms with E-state index in [9.17, 15) is 4.79 Å². The average Bonchev–Trinajstić information content (AvgIpc) is 2.90. The lowest BCUT2D eigenvalue weighted by atomic mass is 9.96. The van der Waals surface area contributed by atoms with Gasteiger partial charge in [-0.15, -0.1) is 10.2 Å². The Balaban J connectivity index is 1.55. The van der Waals surface area contributed by atoms with Crippen molar-refractivity contribution in [2.45, 2.75) is 51.0 Å². The number of nitrogen functional groups attached to an aromatic ring is 1. The first-order valence-electron chi connectivity index (χ1n) is 9.02. The number of hydrogen-bond acceptors (Lipinski definition) is 6. The van der Waals surface area contributed by atoms with E-state index in [1.54, 1.807) is 0 Å². The van der Waals surface area contributed by atoms with Gasteiger partial charge in [-0.05, 0) is 25.7 Å². The summed E-state index contributed by atoms with van der Waals surface area (Å²) in [6.45, 7) is 2.33. The van der Waals surface area contributed by atoms with Crippen molar-refractivity contribution in [3.63, 3.8) is 0 Å². The molecule has 1 fully saturated rings. The van der Waals surface area contributed by atoms with Gasteiger partial charge in [0.25, 0.3) is 5.91 Å². The highest BCUT2D eigenvalue weighted by atomic mass is 16.2. The second-order valence-electron chi connectivity index (χ2n) is 6.82. The standard InChI is InChI=1S/C17H23N7O/c18-15-14(19-7-8-20-15)17(25)23-9-4-5-12(11-23)16-22-21-13-6-2-1-3-10-24(13)16/h7-8,12H,1-6,9-11H2,(H2,18,20). The molecule has 132 valence electrons. The van der Waals surface area contributed by atoms with Crippen molar-refractivity contribution in [3.8, 4) is 0 Å². The molecule has 2 aliphatic heterocycles. The van der Waals surface area contributed by atoms with Gasteiger partial charge in [0.15, 0.2) is 11.5 Å². The number of nitrogens with two attached hydrogens (primary N) is 1. The van der Waals surface area contributed by atoms with Gasteiger partial charge < -0.3 is 15.2 Å². The smallest absolute Gasteiger partial charge is 0.276 e. The third kappa shape index (κ3) is 3.08. The molecular formula is C17H23N7O. The van der Waals surface area contributed by atoms with Gasteiger partial charge in [-0.2, -0.15) is 0 Å². The molecule has 1 amide bonds. The summed E-state index contributed by atoms with van der Waals surface area (Å²) in [7, 11) is 0. The molecule has 25 heavy (non-hydrogen) atoms. The molecule has 2 aromatic heterocycles. The molecule has 0 aromatic carbocycles. The van der Waals surface area contributed by atoms with Crippen LogP contribution in [-0.2, 0) is 13.0 Å². The number of amides is 1. The number of aromatic nitrogens is 5. The van der Waals surface area contributed by atoms with E-state index in [1.165, 1.54) is 31.7 Å². The van der Waals surface area contributed by atoms with E-state index in [1.807, 2.05) is 4.90 Å². The molecule has 0 aliphatic carbocycles. The van der Waals surface area contributed by atoms with E-state index in [2.05, 4.69) is 24.7 Å². The summed E-state index contributed by atoms with van der Waals surface area (Å²) in [6, 6.07) is 0. The fraction of sp³-hybridized carbons (Fsp3) is 0.588. The predicted molar refractivity (Wildman–Crippen MR) is 91.9 cm³/mol. The lowest BCUT2D eigenvalue weighted by Crippen LogP contribution is -2.40. The summed E-state index contributed by atoms with van der Waals surface area (Å²) >= 11 is 0. The molecule has 0 radical (unpaired) electrons. The van der Waals surface area contributed by atoms with Crippen LogP contribution >= 0.6 is 0 Å². The summed E-state index contributed by atoms with van der Waals surface area (Å²) in [5.41, 5.74) is 6.06. The minimum Gasteiger partial charge on any atom is -0.382 e. The van der Waals surface area contributed by atoms with Crippen LogP contribution in [0.4, 0.5) is 5.82 Å². The second-order valence-corrected chi connectivity index (χ2v) is 6.82. The minimum atomic E-state index is -0.147. The maximum atomic E-state index is 12.8. The minimum absolute atomic E-state index is 0.147. The number of piperidine rings is 1. The highest BCUT2D eigenvalue weighted by molar-refractivity contribution is 5.96. The van der Waals surface area contributed by atoms with E-state index in [4.69, 9.17) is 5.73 Å². The van der Waals surface area contributed by atoms with Crippen molar-refractivity contribution in [1.82, 2.24) is 29.6 Å². The molecule has 4 heterocycles. The molecule has 2 N–H and O–H groups in total. The Kier molecular flexibility index (Phi) is 4.33. The summed E-state index contributed by atoms with van der Waals surface area (Å²) in [6.07, 6.45) is 9.56. The van der Waals surface area contributed by atoms with Crippen molar-refractivity contribution < 1.29 is 4.79 Å². The van der Waals surface area contributed by atoms with Gasteiger partial charge in [0, 0.05) is 44.4 Å². The molecule has 0 spiro atoms. The van der Waals surface area contributed by atoms with Crippen LogP contribution in [0.1, 0.15) is 60.2 Å². The summed E-state index contributed by atoms with van der Waals surface area (Å²) < 4.78 is 2.28. The first kappa shape index (κ1) is 16.0. The fourth-order valence-corrected chi connectivity index (χ4v) is 3.85. The zero-order valence-corrected chi connectivity index (χ0v) is 14.3. The zero-order chi connectivity index (χ0) is 17.2. The van der Waals surface area contributed by atoms with Crippen molar-refractivity contribution in [1.29, 1.82) is 0 Å². The van der Waals surface area contributed by atoms with Crippen LogP contribution in [-0.4, -0.2) is 48.6 Å². The second kappa shape index (κ2) is 6.78. The normalized spacial score (nSPS) is 20.8. The monoisotopic (exact) mass is 341 g/mol. The topological polar surface area (TPSA) is 103 Å². The molecule has 4 rings (SSSR count). The molecule has 1 unspecified atom stereocenters. The summed E-state index contributed by atoms with van der Waals surface area (Å²) in [5, 5.41) is 8.87. The SMILES string of the molecule is Nc1nccnc1C(=O)N1CCCC(c2nnc3n2CCCCC3)C1. The third-order valence-electron chi connectivity index (χ3n) is 5.14. The number of nitrogens with zero attached hydrogens (tertiary/aromatic N) is 6. The molecule has 2 aliphatic rings. The van der Waals surface area contributed by atoms with Gasteiger partial charge in [0.05, 0.1) is 0 Å². The Morgan fingerprint density at radius 1 is 1.08 bits per heavy atom. The molecule has 8 nitrogen and oxygen atoms in total. The van der Waals surface area contributed by atoms with Crippen LogP contribution in [0.15, 0.2) is 12.4 Å².